The number of carbonyl (C=O) groups is 2. The molecule has 1 N–H and O–H groups in total. The van der Waals surface area contributed by atoms with Gasteiger partial charge in [0.2, 0.25) is 11.7 Å². The molecule has 9 heteroatoms. The zero-order valence-electron chi connectivity index (χ0n) is 15.5. The number of esters is 1. The van der Waals surface area contributed by atoms with Crippen molar-refractivity contribution in [1.29, 1.82) is 0 Å². The van der Waals surface area contributed by atoms with Crippen molar-refractivity contribution in [1.82, 2.24) is 10.1 Å². The average molecular weight is 411 g/mol. The predicted molar refractivity (Wildman–Crippen MR) is 105 cm³/mol. The van der Waals surface area contributed by atoms with E-state index in [9.17, 15) is 9.59 Å². The van der Waals surface area contributed by atoms with Crippen LogP contribution in [0.15, 0.2) is 57.9 Å². The highest BCUT2D eigenvalue weighted by atomic mass is 32.2. The van der Waals surface area contributed by atoms with Gasteiger partial charge in [-0.1, -0.05) is 29.4 Å². The molecule has 1 aromatic heterocycles. The number of anilines is 1. The summed E-state index contributed by atoms with van der Waals surface area (Å²) in [4.78, 5) is 29.5. The summed E-state index contributed by atoms with van der Waals surface area (Å²) in [5.41, 5.74) is 1.42. The highest BCUT2D eigenvalue weighted by molar-refractivity contribution is 8.01. The van der Waals surface area contributed by atoms with Gasteiger partial charge in [-0.25, -0.2) is 0 Å². The third kappa shape index (κ3) is 4.24. The SMILES string of the molecule is COc1ccccc1-c1noc(COC(=O)C[C@@H]2Sc3ccccc3NC2=O)n1. The molecule has 1 aliphatic rings. The van der Waals surface area contributed by atoms with E-state index < -0.39 is 11.2 Å². The fraction of sp³-hybridized carbons (Fsp3) is 0.200. The van der Waals surface area contributed by atoms with Crippen LogP contribution in [0.25, 0.3) is 11.4 Å². The van der Waals surface area contributed by atoms with E-state index in [0.717, 1.165) is 10.6 Å². The van der Waals surface area contributed by atoms with E-state index in [1.165, 1.54) is 11.8 Å². The molecule has 8 nitrogen and oxygen atoms in total. The molecule has 1 atom stereocenters. The Bertz CT molecular complexity index is 1050. The lowest BCUT2D eigenvalue weighted by Crippen LogP contribution is -2.31. The molecule has 1 amide bonds. The number of amides is 1. The highest BCUT2D eigenvalue weighted by Crippen LogP contribution is 2.36. The second kappa shape index (κ2) is 8.36. The molecule has 0 bridgehead atoms. The second-order valence-corrected chi connectivity index (χ2v) is 7.41. The molecular weight excluding hydrogens is 394 g/mol. The van der Waals surface area contributed by atoms with Gasteiger partial charge in [0, 0.05) is 4.90 Å². The molecular formula is C20H17N3O5S. The monoisotopic (exact) mass is 411 g/mol. The first-order valence-corrected chi connectivity index (χ1v) is 9.70. The van der Waals surface area contributed by atoms with E-state index >= 15 is 0 Å². The van der Waals surface area contributed by atoms with Crippen molar-refractivity contribution in [3.8, 4) is 17.1 Å². The Hall–Kier alpha value is -3.33. The van der Waals surface area contributed by atoms with Gasteiger partial charge in [-0.05, 0) is 24.3 Å². The van der Waals surface area contributed by atoms with Gasteiger partial charge in [-0.15, -0.1) is 11.8 Å². The third-order valence-corrected chi connectivity index (χ3v) is 5.51. The van der Waals surface area contributed by atoms with Crippen LogP contribution < -0.4 is 10.1 Å². The molecule has 0 saturated carbocycles. The zero-order chi connectivity index (χ0) is 20.2. The summed E-state index contributed by atoms with van der Waals surface area (Å²) in [7, 11) is 1.55. The Labute approximate surface area is 170 Å². The molecule has 1 aliphatic heterocycles. The first-order chi connectivity index (χ1) is 14.1. The molecule has 0 radical (unpaired) electrons. The highest BCUT2D eigenvalue weighted by Gasteiger charge is 2.29. The number of para-hydroxylation sites is 2. The number of hydrogen-bond acceptors (Lipinski definition) is 8. The summed E-state index contributed by atoms with van der Waals surface area (Å²) in [6.07, 6.45) is -0.0572. The largest absolute Gasteiger partial charge is 0.496 e. The maximum absolute atomic E-state index is 12.2. The molecule has 29 heavy (non-hydrogen) atoms. The summed E-state index contributed by atoms with van der Waals surface area (Å²) in [6.45, 7) is -0.170. The van der Waals surface area contributed by atoms with Crippen molar-refractivity contribution >= 4 is 29.3 Å². The minimum Gasteiger partial charge on any atom is -0.496 e. The van der Waals surface area contributed by atoms with Crippen molar-refractivity contribution < 1.29 is 23.6 Å². The van der Waals surface area contributed by atoms with Crippen molar-refractivity contribution in [3.05, 3.63) is 54.4 Å². The minimum atomic E-state index is -0.552. The number of aromatic nitrogens is 2. The van der Waals surface area contributed by atoms with Gasteiger partial charge in [-0.2, -0.15) is 4.98 Å². The van der Waals surface area contributed by atoms with E-state index in [2.05, 4.69) is 15.5 Å². The Balaban J connectivity index is 1.35. The maximum atomic E-state index is 12.2. The molecule has 2 heterocycles. The number of fused-ring (bicyclic) bond motifs is 1. The van der Waals surface area contributed by atoms with Crippen molar-refractivity contribution in [2.75, 3.05) is 12.4 Å². The lowest BCUT2D eigenvalue weighted by molar-refractivity contribution is -0.146. The summed E-state index contributed by atoms with van der Waals surface area (Å²) in [5.74, 6) is 0.367. The molecule has 0 unspecified atom stereocenters. The van der Waals surface area contributed by atoms with Gasteiger partial charge < -0.3 is 19.3 Å². The lowest BCUT2D eigenvalue weighted by atomic mass is 10.2. The fourth-order valence-corrected chi connectivity index (χ4v) is 3.93. The van der Waals surface area contributed by atoms with Gasteiger partial charge in [0.05, 0.1) is 30.0 Å². The van der Waals surface area contributed by atoms with Gasteiger partial charge >= 0.3 is 5.97 Å². The molecule has 0 spiro atoms. The van der Waals surface area contributed by atoms with Crippen LogP contribution in [0, 0.1) is 0 Å². The van der Waals surface area contributed by atoms with Crippen LogP contribution >= 0.6 is 11.8 Å². The number of methoxy groups -OCH3 is 1. The normalized spacial score (nSPS) is 15.3. The fourth-order valence-electron chi connectivity index (χ4n) is 2.83. The molecule has 148 valence electrons. The topological polar surface area (TPSA) is 104 Å². The van der Waals surface area contributed by atoms with Gasteiger partial charge in [-0.3, -0.25) is 9.59 Å². The van der Waals surface area contributed by atoms with Crippen molar-refractivity contribution in [2.45, 2.75) is 23.2 Å². The number of ether oxygens (including phenoxy) is 2. The number of thioether (sulfide) groups is 1. The van der Waals surface area contributed by atoms with Crippen molar-refractivity contribution in [2.24, 2.45) is 0 Å². The van der Waals surface area contributed by atoms with Crippen LogP contribution in [0.3, 0.4) is 0 Å². The number of nitrogens with zero attached hydrogens (tertiary/aromatic N) is 2. The Morgan fingerprint density at radius 1 is 1.21 bits per heavy atom. The smallest absolute Gasteiger partial charge is 0.307 e. The third-order valence-electron chi connectivity index (χ3n) is 4.23. The maximum Gasteiger partial charge on any atom is 0.307 e. The Morgan fingerprint density at radius 2 is 2.00 bits per heavy atom. The number of nitrogens with one attached hydrogen (secondary N) is 1. The van der Waals surface area contributed by atoms with E-state index in [1.54, 1.807) is 19.2 Å². The second-order valence-electron chi connectivity index (χ2n) is 6.17. The Morgan fingerprint density at radius 3 is 2.86 bits per heavy atom. The van der Waals surface area contributed by atoms with E-state index in [1.807, 2.05) is 36.4 Å². The predicted octanol–water partition coefficient (Wildman–Crippen LogP) is 3.29. The van der Waals surface area contributed by atoms with Gasteiger partial charge in [0.1, 0.15) is 5.75 Å². The molecule has 0 fully saturated rings. The number of hydrogen-bond donors (Lipinski definition) is 1. The number of benzene rings is 2. The van der Waals surface area contributed by atoms with Crippen molar-refractivity contribution in [3.63, 3.8) is 0 Å². The van der Waals surface area contributed by atoms with Crippen LogP contribution in [0.1, 0.15) is 12.3 Å². The first-order valence-electron chi connectivity index (χ1n) is 8.82. The minimum absolute atomic E-state index is 0.0572. The number of rotatable bonds is 6. The van der Waals surface area contributed by atoms with Crippen LogP contribution in [0.5, 0.6) is 5.75 Å². The van der Waals surface area contributed by atoms with E-state index in [4.69, 9.17) is 14.0 Å². The number of carbonyl (C=O) groups excluding carboxylic acids is 2. The summed E-state index contributed by atoms with van der Waals surface area (Å²) in [6, 6.07) is 14.7. The molecule has 4 rings (SSSR count). The van der Waals surface area contributed by atoms with Gasteiger partial charge in [0.25, 0.3) is 5.89 Å². The quantitative estimate of drug-likeness (QED) is 0.616. The summed E-state index contributed by atoms with van der Waals surface area (Å²) < 4.78 is 15.6. The summed E-state index contributed by atoms with van der Waals surface area (Å²) >= 11 is 1.34. The lowest BCUT2D eigenvalue weighted by Gasteiger charge is -2.23. The molecule has 0 aliphatic carbocycles. The van der Waals surface area contributed by atoms with Gasteiger partial charge in [0.15, 0.2) is 6.61 Å². The molecule has 3 aromatic rings. The molecule has 0 saturated heterocycles. The van der Waals surface area contributed by atoms with E-state index in [0.29, 0.717) is 17.1 Å². The van der Waals surface area contributed by atoms with Crippen LogP contribution in [0.4, 0.5) is 5.69 Å². The van der Waals surface area contributed by atoms with Crippen LogP contribution in [0.2, 0.25) is 0 Å². The van der Waals surface area contributed by atoms with Crippen LogP contribution in [-0.2, 0) is 20.9 Å². The summed E-state index contributed by atoms with van der Waals surface area (Å²) in [5, 5.41) is 6.15. The first kappa shape index (κ1) is 19.0. The standard InChI is InChI=1S/C20H17N3O5S/c1-26-14-8-4-2-6-12(14)19-22-17(28-23-19)11-27-18(24)10-16-20(25)21-13-7-3-5-9-15(13)29-16/h2-9,16H,10-11H2,1H3,(H,21,25)/t16-/m0/s1. The van der Waals surface area contributed by atoms with E-state index in [-0.39, 0.29) is 24.8 Å². The average Bonchev–Trinajstić information content (AvgIpc) is 3.21. The zero-order valence-corrected chi connectivity index (χ0v) is 16.3. The molecule has 2 aromatic carbocycles. The van der Waals surface area contributed by atoms with Crippen LogP contribution in [-0.4, -0.2) is 34.4 Å². The Kier molecular flexibility index (Phi) is 5.48.